The van der Waals surface area contributed by atoms with Crippen molar-refractivity contribution >= 4 is 6.09 Å². The topological polar surface area (TPSA) is 61.8 Å². The number of rotatable bonds is 4. The zero-order valence-electron chi connectivity index (χ0n) is 10.2. The first-order valence-electron chi connectivity index (χ1n) is 6.08. The molecule has 18 heavy (non-hydrogen) atoms. The van der Waals surface area contributed by atoms with Gasteiger partial charge >= 0.3 is 6.09 Å². The summed E-state index contributed by atoms with van der Waals surface area (Å²) in [5, 5.41) is 11.1. The Morgan fingerprint density at radius 3 is 2.94 bits per heavy atom. The van der Waals surface area contributed by atoms with Gasteiger partial charge in [-0.25, -0.2) is 4.79 Å². The number of morpholine rings is 1. The van der Waals surface area contributed by atoms with E-state index in [9.17, 15) is 4.79 Å². The van der Waals surface area contributed by atoms with E-state index in [0.717, 1.165) is 13.1 Å². The van der Waals surface area contributed by atoms with Crippen molar-refractivity contribution in [2.24, 2.45) is 0 Å². The van der Waals surface area contributed by atoms with Crippen LogP contribution in [0.5, 0.6) is 0 Å². The lowest BCUT2D eigenvalue weighted by atomic mass is 10.1. The van der Waals surface area contributed by atoms with Gasteiger partial charge < -0.3 is 15.2 Å². The number of ether oxygens (including phenoxy) is 1. The molecule has 1 aliphatic heterocycles. The molecular formula is C13H18N2O3. The molecule has 2 rings (SSSR count). The van der Waals surface area contributed by atoms with Crippen LogP contribution in [0.25, 0.3) is 0 Å². The lowest BCUT2D eigenvalue weighted by Crippen LogP contribution is -2.50. The van der Waals surface area contributed by atoms with Gasteiger partial charge in [0.15, 0.2) is 0 Å². The van der Waals surface area contributed by atoms with Crippen LogP contribution in [0.3, 0.4) is 0 Å². The van der Waals surface area contributed by atoms with Crippen LogP contribution < -0.4 is 5.32 Å². The van der Waals surface area contributed by atoms with Crippen LogP contribution in [0, 0.1) is 0 Å². The molecule has 1 saturated heterocycles. The second-order valence-corrected chi connectivity index (χ2v) is 4.37. The Morgan fingerprint density at radius 1 is 1.44 bits per heavy atom. The van der Waals surface area contributed by atoms with E-state index < -0.39 is 6.09 Å². The Balaban J connectivity index is 1.93. The fourth-order valence-electron chi connectivity index (χ4n) is 2.11. The van der Waals surface area contributed by atoms with E-state index in [1.54, 1.807) is 0 Å². The van der Waals surface area contributed by atoms with Gasteiger partial charge in [-0.15, -0.1) is 0 Å². The second kappa shape index (κ2) is 6.37. The summed E-state index contributed by atoms with van der Waals surface area (Å²) in [4.78, 5) is 12.8. The van der Waals surface area contributed by atoms with Gasteiger partial charge in [-0.3, -0.25) is 4.90 Å². The highest BCUT2D eigenvalue weighted by molar-refractivity contribution is 5.64. The molecule has 0 spiro atoms. The van der Waals surface area contributed by atoms with Gasteiger partial charge in [0.05, 0.1) is 19.3 Å². The van der Waals surface area contributed by atoms with Crippen molar-refractivity contribution in [3.8, 4) is 0 Å². The zero-order chi connectivity index (χ0) is 12.8. The van der Waals surface area contributed by atoms with Crippen molar-refractivity contribution in [1.82, 2.24) is 10.2 Å². The van der Waals surface area contributed by atoms with Gasteiger partial charge in [-0.1, -0.05) is 30.3 Å². The summed E-state index contributed by atoms with van der Waals surface area (Å²) < 4.78 is 5.41. The molecule has 2 N–H and O–H groups in total. The monoisotopic (exact) mass is 250 g/mol. The van der Waals surface area contributed by atoms with Crippen molar-refractivity contribution in [1.29, 1.82) is 0 Å². The molecule has 1 amide bonds. The maximum atomic E-state index is 10.5. The van der Waals surface area contributed by atoms with Gasteiger partial charge in [0.1, 0.15) is 0 Å². The molecule has 1 unspecified atom stereocenters. The highest BCUT2D eigenvalue weighted by Gasteiger charge is 2.23. The Kier molecular flexibility index (Phi) is 4.55. The fourth-order valence-corrected chi connectivity index (χ4v) is 2.11. The van der Waals surface area contributed by atoms with E-state index in [1.807, 2.05) is 18.2 Å². The predicted octanol–water partition coefficient (Wildman–Crippen LogP) is 1.15. The summed E-state index contributed by atoms with van der Waals surface area (Å²) >= 11 is 0. The SMILES string of the molecule is O=C(O)NCC1COCCN1Cc1ccccc1. The Hall–Kier alpha value is -1.59. The smallest absolute Gasteiger partial charge is 0.404 e. The lowest BCUT2D eigenvalue weighted by Gasteiger charge is -2.35. The van der Waals surface area contributed by atoms with Crippen LogP contribution >= 0.6 is 0 Å². The predicted molar refractivity (Wildman–Crippen MR) is 67.5 cm³/mol. The molecule has 0 aliphatic carbocycles. The standard InChI is InChI=1S/C13H18N2O3/c16-13(17)14-8-12-10-18-7-6-15(12)9-11-4-2-1-3-5-11/h1-5,12,14H,6-10H2,(H,16,17). The highest BCUT2D eigenvalue weighted by atomic mass is 16.5. The van der Waals surface area contributed by atoms with Crippen LogP contribution in [-0.4, -0.2) is 48.4 Å². The maximum Gasteiger partial charge on any atom is 0.404 e. The Bertz CT molecular complexity index is 383. The summed E-state index contributed by atoms with van der Waals surface area (Å²) in [5.41, 5.74) is 1.24. The Morgan fingerprint density at radius 2 is 2.22 bits per heavy atom. The third kappa shape index (κ3) is 3.72. The third-order valence-corrected chi connectivity index (χ3v) is 3.07. The normalized spacial score (nSPS) is 20.6. The average Bonchev–Trinajstić information content (AvgIpc) is 2.39. The minimum absolute atomic E-state index is 0.107. The molecule has 1 aromatic rings. The maximum absolute atomic E-state index is 10.5. The van der Waals surface area contributed by atoms with Crippen LogP contribution in [0.2, 0.25) is 0 Å². The van der Waals surface area contributed by atoms with E-state index in [1.165, 1.54) is 5.56 Å². The Labute approximate surface area is 106 Å². The number of nitrogens with zero attached hydrogens (tertiary/aromatic N) is 1. The first-order valence-corrected chi connectivity index (χ1v) is 6.08. The molecule has 0 radical (unpaired) electrons. The second-order valence-electron chi connectivity index (χ2n) is 4.37. The molecule has 98 valence electrons. The van der Waals surface area contributed by atoms with Crippen LogP contribution in [0.1, 0.15) is 5.56 Å². The van der Waals surface area contributed by atoms with E-state index in [2.05, 4.69) is 22.3 Å². The average molecular weight is 250 g/mol. The van der Waals surface area contributed by atoms with Crippen molar-refractivity contribution in [3.63, 3.8) is 0 Å². The molecule has 0 aromatic heterocycles. The van der Waals surface area contributed by atoms with Gasteiger partial charge in [0, 0.05) is 19.6 Å². The molecule has 1 fully saturated rings. The molecule has 5 nitrogen and oxygen atoms in total. The number of carbonyl (C=O) groups is 1. The third-order valence-electron chi connectivity index (χ3n) is 3.07. The van der Waals surface area contributed by atoms with E-state index >= 15 is 0 Å². The number of hydrogen-bond donors (Lipinski definition) is 2. The molecular weight excluding hydrogens is 232 g/mol. The molecule has 1 heterocycles. The number of benzene rings is 1. The number of carboxylic acid groups (broad SMARTS) is 1. The van der Waals surface area contributed by atoms with Crippen LogP contribution in [0.15, 0.2) is 30.3 Å². The molecule has 1 aliphatic rings. The van der Waals surface area contributed by atoms with E-state index in [-0.39, 0.29) is 6.04 Å². The van der Waals surface area contributed by atoms with Gasteiger partial charge in [0.25, 0.3) is 0 Å². The summed E-state index contributed by atoms with van der Waals surface area (Å²) in [7, 11) is 0. The molecule has 0 bridgehead atoms. The molecule has 5 heteroatoms. The van der Waals surface area contributed by atoms with Crippen molar-refractivity contribution in [2.75, 3.05) is 26.3 Å². The van der Waals surface area contributed by atoms with E-state index in [0.29, 0.717) is 19.8 Å². The van der Waals surface area contributed by atoms with Crippen molar-refractivity contribution in [2.45, 2.75) is 12.6 Å². The van der Waals surface area contributed by atoms with Gasteiger partial charge in [0.2, 0.25) is 0 Å². The summed E-state index contributed by atoms with van der Waals surface area (Å²) in [6, 6.07) is 10.3. The highest BCUT2D eigenvalue weighted by Crippen LogP contribution is 2.11. The van der Waals surface area contributed by atoms with Gasteiger partial charge in [-0.2, -0.15) is 0 Å². The first kappa shape index (κ1) is 12.9. The number of amides is 1. The summed E-state index contributed by atoms with van der Waals surface area (Å²) in [6.45, 7) is 3.35. The zero-order valence-corrected chi connectivity index (χ0v) is 10.2. The van der Waals surface area contributed by atoms with Crippen molar-refractivity contribution in [3.05, 3.63) is 35.9 Å². The minimum atomic E-state index is -0.986. The fraction of sp³-hybridized carbons (Fsp3) is 0.462. The number of nitrogens with one attached hydrogen (secondary N) is 1. The van der Waals surface area contributed by atoms with Gasteiger partial charge in [-0.05, 0) is 5.56 Å². The number of hydrogen-bond acceptors (Lipinski definition) is 3. The van der Waals surface area contributed by atoms with Crippen molar-refractivity contribution < 1.29 is 14.6 Å². The molecule has 1 aromatic carbocycles. The largest absolute Gasteiger partial charge is 0.465 e. The van der Waals surface area contributed by atoms with Crippen LogP contribution in [-0.2, 0) is 11.3 Å². The van der Waals surface area contributed by atoms with E-state index in [4.69, 9.17) is 9.84 Å². The molecule has 0 saturated carbocycles. The summed E-state index contributed by atoms with van der Waals surface area (Å²) in [6.07, 6.45) is -0.986. The summed E-state index contributed by atoms with van der Waals surface area (Å²) in [5.74, 6) is 0. The lowest BCUT2D eigenvalue weighted by molar-refractivity contribution is -0.0104. The first-order chi connectivity index (χ1) is 8.75. The molecule has 1 atom stereocenters. The van der Waals surface area contributed by atoms with Crippen LogP contribution in [0.4, 0.5) is 4.79 Å². The quantitative estimate of drug-likeness (QED) is 0.841. The minimum Gasteiger partial charge on any atom is -0.465 e.